The molecular formula is C20H19BrN2O4. The Bertz CT molecular complexity index is 859. The SMILES string of the molecule is COc1ccc(Br)c(C(=O)OCC(=O)N(CCC#N)c2ccc(C)cc2)c1. The van der Waals surface area contributed by atoms with E-state index in [1.165, 1.54) is 18.1 Å². The van der Waals surface area contributed by atoms with Crippen LogP contribution in [0.15, 0.2) is 46.9 Å². The van der Waals surface area contributed by atoms with Crippen LogP contribution in [0, 0.1) is 18.3 Å². The average molecular weight is 431 g/mol. The third-order valence-corrected chi connectivity index (χ3v) is 4.51. The van der Waals surface area contributed by atoms with Gasteiger partial charge in [-0.2, -0.15) is 5.26 Å². The highest BCUT2D eigenvalue weighted by Crippen LogP contribution is 2.23. The summed E-state index contributed by atoms with van der Waals surface area (Å²) in [5.74, 6) is -0.536. The first-order chi connectivity index (χ1) is 13.0. The molecule has 0 aliphatic rings. The molecule has 2 aromatic carbocycles. The first kappa shape index (κ1) is 20.5. The van der Waals surface area contributed by atoms with Crippen molar-refractivity contribution in [3.63, 3.8) is 0 Å². The number of benzene rings is 2. The van der Waals surface area contributed by atoms with Crippen LogP contribution < -0.4 is 9.64 Å². The van der Waals surface area contributed by atoms with Gasteiger partial charge in [0.1, 0.15) is 5.75 Å². The highest BCUT2D eigenvalue weighted by molar-refractivity contribution is 9.10. The number of carbonyl (C=O) groups excluding carboxylic acids is 2. The number of nitriles is 1. The van der Waals surface area contributed by atoms with Crippen molar-refractivity contribution < 1.29 is 19.1 Å². The van der Waals surface area contributed by atoms with Gasteiger partial charge in [0.2, 0.25) is 0 Å². The van der Waals surface area contributed by atoms with Crippen LogP contribution in [-0.2, 0) is 9.53 Å². The number of hydrogen-bond donors (Lipinski definition) is 0. The van der Waals surface area contributed by atoms with Gasteiger partial charge in [0, 0.05) is 16.7 Å². The van der Waals surface area contributed by atoms with Crippen LogP contribution in [0.4, 0.5) is 5.69 Å². The number of methoxy groups -OCH3 is 1. The van der Waals surface area contributed by atoms with Gasteiger partial charge in [-0.15, -0.1) is 0 Å². The van der Waals surface area contributed by atoms with Crippen molar-refractivity contribution in [1.29, 1.82) is 5.26 Å². The van der Waals surface area contributed by atoms with Crippen molar-refractivity contribution in [2.45, 2.75) is 13.3 Å². The number of anilines is 1. The summed E-state index contributed by atoms with van der Waals surface area (Å²) in [6.45, 7) is 1.74. The highest BCUT2D eigenvalue weighted by atomic mass is 79.9. The van der Waals surface area contributed by atoms with E-state index in [9.17, 15) is 9.59 Å². The second-order valence-corrected chi connectivity index (χ2v) is 6.57. The summed E-state index contributed by atoms with van der Waals surface area (Å²) >= 11 is 3.29. The lowest BCUT2D eigenvalue weighted by Crippen LogP contribution is -2.35. The molecule has 2 rings (SSSR count). The zero-order valence-corrected chi connectivity index (χ0v) is 16.7. The highest BCUT2D eigenvalue weighted by Gasteiger charge is 2.19. The summed E-state index contributed by atoms with van der Waals surface area (Å²) in [5.41, 5.74) is 1.97. The number of rotatable bonds is 7. The molecule has 7 heteroatoms. The molecule has 0 radical (unpaired) electrons. The Labute approximate surface area is 166 Å². The summed E-state index contributed by atoms with van der Waals surface area (Å²) in [6.07, 6.45) is 0.176. The molecule has 0 saturated carbocycles. The average Bonchev–Trinajstić information content (AvgIpc) is 2.68. The van der Waals surface area contributed by atoms with Crippen LogP contribution >= 0.6 is 15.9 Å². The fourth-order valence-electron chi connectivity index (χ4n) is 2.36. The number of nitrogens with zero attached hydrogens (tertiary/aromatic N) is 2. The summed E-state index contributed by atoms with van der Waals surface area (Å²) in [6, 6.07) is 14.3. The van der Waals surface area contributed by atoms with Crippen LogP contribution in [0.1, 0.15) is 22.3 Å². The maximum Gasteiger partial charge on any atom is 0.339 e. The lowest BCUT2D eigenvalue weighted by molar-refractivity contribution is -0.121. The van der Waals surface area contributed by atoms with E-state index in [-0.39, 0.29) is 18.5 Å². The number of carbonyl (C=O) groups is 2. The zero-order valence-electron chi connectivity index (χ0n) is 15.1. The van der Waals surface area contributed by atoms with Crippen molar-refractivity contribution in [3.8, 4) is 11.8 Å². The van der Waals surface area contributed by atoms with Gasteiger partial charge in [0.25, 0.3) is 5.91 Å². The molecule has 0 saturated heterocycles. The Morgan fingerprint density at radius 3 is 2.52 bits per heavy atom. The molecule has 0 aliphatic heterocycles. The summed E-state index contributed by atoms with van der Waals surface area (Å²) in [5, 5.41) is 8.84. The minimum absolute atomic E-state index is 0.176. The minimum atomic E-state index is -0.640. The topological polar surface area (TPSA) is 79.6 Å². The number of aryl methyl sites for hydroxylation is 1. The molecule has 1 amide bonds. The molecule has 0 fully saturated rings. The third-order valence-electron chi connectivity index (χ3n) is 3.81. The molecule has 2 aromatic rings. The van der Waals surface area contributed by atoms with Gasteiger partial charge < -0.3 is 14.4 Å². The number of hydrogen-bond acceptors (Lipinski definition) is 5. The van der Waals surface area contributed by atoms with Crippen LogP contribution in [0.5, 0.6) is 5.75 Å². The second-order valence-electron chi connectivity index (χ2n) is 5.71. The van der Waals surface area contributed by atoms with Crippen molar-refractivity contribution >= 4 is 33.5 Å². The second kappa shape index (κ2) is 9.74. The van der Waals surface area contributed by atoms with Gasteiger partial charge in [-0.05, 0) is 53.2 Å². The van der Waals surface area contributed by atoms with E-state index in [0.29, 0.717) is 15.9 Å². The first-order valence-corrected chi connectivity index (χ1v) is 9.00. The van der Waals surface area contributed by atoms with Gasteiger partial charge in [0.05, 0.1) is 25.2 Å². The molecule has 140 valence electrons. The van der Waals surface area contributed by atoms with E-state index >= 15 is 0 Å². The fraction of sp³-hybridized carbons (Fsp3) is 0.250. The quantitative estimate of drug-likeness (QED) is 0.622. The van der Waals surface area contributed by atoms with Crippen molar-refractivity contribution in [2.75, 3.05) is 25.2 Å². The van der Waals surface area contributed by atoms with Crippen molar-refractivity contribution in [1.82, 2.24) is 0 Å². The van der Waals surface area contributed by atoms with E-state index < -0.39 is 18.5 Å². The molecular weight excluding hydrogens is 412 g/mol. The molecule has 0 bridgehead atoms. The maximum absolute atomic E-state index is 12.6. The van der Waals surface area contributed by atoms with E-state index in [1.807, 2.05) is 25.1 Å². The Morgan fingerprint density at radius 1 is 1.19 bits per heavy atom. The molecule has 0 heterocycles. The van der Waals surface area contributed by atoms with Gasteiger partial charge in [-0.3, -0.25) is 4.79 Å². The predicted molar refractivity (Wildman–Crippen MR) is 105 cm³/mol. The maximum atomic E-state index is 12.6. The Kier molecular flexibility index (Phi) is 7.38. The number of halogens is 1. The molecule has 0 atom stereocenters. The largest absolute Gasteiger partial charge is 0.497 e. The number of ether oxygens (including phenoxy) is 2. The van der Waals surface area contributed by atoms with Gasteiger partial charge in [-0.25, -0.2) is 4.79 Å². The van der Waals surface area contributed by atoms with E-state index in [4.69, 9.17) is 14.7 Å². The molecule has 0 N–H and O–H groups in total. The fourth-order valence-corrected chi connectivity index (χ4v) is 2.76. The first-order valence-electron chi connectivity index (χ1n) is 8.21. The molecule has 27 heavy (non-hydrogen) atoms. The van der Waals surface area contributed by atoms with Crippen LogP contribution in [-0.4, -0.2) is 32.1 Å². The van der Waals surface area contributed by atoms with Crippen LogP contribution in [0.3, 0.4) is 0 Å². The monoisotopic (exact) mass is 430 g/mol. The van der Waals surface area contributed by atoms with Crippen LogP contribution in [0.25, 0.3) is 0 Å². The van der Waals surface area contributed by atoms with E-state index in [1.54, 1.807) is 24.3 Å². The normalized spacial score (nSPS) is 10.0. The van der Waals surface area contributed by atoms with Crippen LogP contribution in [0.2, 0.25) is 0 Å². The minimum Gasteiger partial charge on any atom is -0.497 e. The predicted octanol–water partition coefficient (Wildman–Crippen LogP) is 3.87. The molecule has 6 nitrogen and oxygen atoms in total. The van der Waals surface area contributed by atoms with E-state index in [0.717, 1.165) is 5.56 Å². The summed E-state index contributed by atoms with van der Waals surface area (Å²) in [4.78, 5) is 26.3. The van der Waals surface area contributed by atoms with Crippen molar-refractivity contribution in [2.24, 2.45) is 0 Å². The smallest absolute Gasteiger partial charge is 0.339 e. The molecule has 0 aliphatic carbocycles. The number of esters is 1. The lowest BCUT2D eigenvalue weighted by atomic mass is 10.2. The van der Waals surface area contributed by atoms with E-state index in [2.05, 4.69) is 15.9 Å². The standard InChI is InChI=1S/C20H19BrN2O4/c1-14-4-6-15(7-5-14)23(11-3-10-22)19(24)13-27-20(25)17-12-16(26-2)8-9-18(17)21/h4-9,12H,3,11,13H2,1-2H3. The number of amides is 1. The Hall–Kier alpha value is -2.85. The molecule has 0 aromatic heterocycles. The van der Waals surface area contributed by atoms with Gasteiger partial charge >= 0.3 is 5.97 Å². The summed E-state index contributed by atoms with van der Waals surface area (Å²) in [7, 11) is 1.50. The third kappa shape index (κ3) is 5.56. The van der Waals surface area contributed by atoms with Gasteiger partial charge in [0.15, 0.2) is 6.61 Å². The zero-order chi connectivity index (χ0) is 19.8. The Morgan fingerprint density at radius 2 is 1.89 bits per heavy atom. The summed E-state index contributed by atoms with van der Waals surface area (Å²) < 4.78 is 10.8. The lowest BCUT2D eigenvalue weighted by Gasteiger charge is -2.22. The van der Waals surface area contributed by atoms with Crippen molar-refractivity contribution in [3.05, 3.63) is 58.1 Å². The molecule has 0 unspecified atom stereocenters. The Balaban J connectivity index is 2.09. The van der Waals surface area contributed by atoms with Gasteiger partial charge in [-0.1, -0.05) is 17.7 Å². The molecule has 0 spiro atoms.